The molecular weight excluding hydrogens is 413 g/mol. The molecule has 0 aliphatic heterocycles. The van der Waals surface area contributed by atoms with Gasteiger partial charge < -0.3 is 4.74 Å². The summed E-state index contributed by atoms with van der Waals surface area (Å²) in [5.41, 5.74) is 0.446. The Labute approximate surface area is 137 Å². The first-order valence-corrected chi connectivity index (χ1v) is 7.31. The highest BCUT2D eigenvalue weighted by Gasteiger charge is 2.13. The molecule has 0 unspecified atom stereocenters. The number of nitrogens with zero attached hydrogens (tertiary/aromatic N) is 2. The van der Waals surface area contributed by atoms with Gasteiger partial charge in [-0.3, -0.25) is 10.1 Å². The van der Waals surface area contributed by atoms with Crippen LogP contribution in [0.5, 0.6) is 5.88 Å². The van der Waals surface area contributed by atoms with E-state index in [1.54, 1.807) is 12.1 Å². The average Bonchev–Trinajstić information content (AvgIpc) is 2.40. The number of aromatic nitrogens is 2. The number of anilines is 1. The number of methoxy groups -OCH3 is 1. The minimum Gasteiger partial charge on any atom is -0.481 e. The number of nitrogens with one attached hydrogen (secondary N) is 1. The first-order valence-electron chi connectivity index (χ1n) is 5.34. The maximum absolute atomic E-state index is 12.2. The summed E-state index contributed by atoms with van der Waals surface area (Å²) in [6.45, 7) is 0. The van der Waals surface area contributed by atoms with Crippen LogP contribution in [0.25, 0.3) is 0 Å². The third kappa shape index (κ3) is 3.68. The summed E-state index contributed by atoms with van der Waals surface area (Å²) in [6.07, 6.45) is 0. The fourth-order valence-corrected chi connectivity index (χ4v) is 2.36. The Morgan fingerprint density at radius 3 is 2.75 bits per heavy atom. The van der Waals surface area contributed by atoms with Gasteiger partial charge in [0.25, 0.3) is 5.91 Å². The molecule has 1 amide bonds. The molecule has 8 heteroatoms. The zero-order valence-corrected chi connectivity index (χ0v) is 14.1. The van der Waals surface area contributed by atoms with Crippen LogP contribution >= 0.6 is 43.5 Å². The smallest absolute Gasteiger partial charge is 0.259 e. The number of amides is 1. The molecule has 0 fully saturated rings. The minimum atomic E-state index is -0.359. The van der Waals surface area contributed by atoms with Gasteiger partial charge in [-0.25, -0.2) is 4.98 Å². The molecule has 2 rings (SSSR count). The van der Waals surface area contributed by atoms with Crippen molar-refractivity contribution in [2.24, 2.45) is 0 Å². The molecule has 0 bridgehead atoms. The predicted octanol–water partition coefficient (Wildman–Crippen LogP) is 3.92. The van der Waals surface area contributed by atoms with E-state index >= 15 is 0 Å². The van der Waals surface area contributed by atoms with Crippen LogP contribution in [0, 0.1) is 0 Å². The lowest BCUT2D eigenvalue weighted by molar-refractivity contribution is 0.102. The summed E-state index contributed by atoms with van der Waals surface area (Å²) in [5, 5.41) is 2.75. The van der Waals surface area contributed by atoms with Gasteiger partial charge in [-0.05, 0) is 34.1 Å². The standard InChI is InChI=1S/C12H8Br2ClN3O2/c1-20-10-5-9(15)16-12(17-10)18-11(19)7-4-6(13)2-3-8(7)14/h2-5H,1H3,(H,16,17,18,19). The van der Waals surface area contributed by atoms with Crippen LogP contribution in [0.4, 0.5) is 5.95 Å². The van der Waals surface area contributed by atoms with Crippen LogP contribution < -0.4 is 10.1 Å². The number of carbonyl (C=O) groups excluding carboxylic acids is 1. The Hall–Kier alpha value is -1.18. The first-order chi connectivity index (χ1) is 9.49. The van der Waals surface area contributed by atoms with E-state index in [1.807, 2.05) is 6.07 Å². The number of ether oxygens (including phenoxy) is 1. The molecular formula is C12H8Br2ClN3O2. The molecule has 0 radical (unpaired) electrons. The number of carbonyl (C=O) groups is 1. The van der Waals surface area contributed by atoms with Crippen molar-refractivity contribution in [1.29, 1.82) is 0 Å². The van der Waals surface area contributed by atoms with Gasteiger partial charge in [0.05, 0.1) is 12.7 Å². The molecule has 0 atom stereocenters. The molecule has 1 aromatic carbocycles. The molecule has 2 aromatic rings. The Balaban J connectivity index is 2.27. The molecule has 0 saturated carbocycles. The molecule has 5 nitrogen and oxygen atoms in total. The fraction of sp³-hybridized carbons (Fsp3) is 0.0833. The normalized spacial score (nSPS) is 10.2. The zero-order valence-electron chi connectivity index (χ0n) is 10.2. The highest BCUT2D eigenvalue weighted by atomic mass is 79.9. The van der Waals surface area contributed by atoms with Gasteiger partial charge >= 0.3 is 0 Å². The van der Waals surface area contributed by atoms with E-state index in [0.29, 0.717) is 10.0 Å². The summed E-state index contributed by atoms with van der Waals surface area (Å²) in [5.74, 6) is -0.0117. The average molecular weight is 421 g/mol. The van der Waals surface area contributed by atoms with Crippen molar-refractivity contribution in [3.8, 4) is 5.88 Å². The van der Waals surface area contributed by atoms with E-state index in [-0.39, 0.29) is 22.9 Å². The van der Waals surface area contributed by atoms with Gasteiger partial charge in [-0.1, -0.05) is 27.5 Å². The van der Waals surface area contributed by atoms with Crippen molar-refractivity contribution in [3.05, 3.63) is 43.9 Å². The van der Waals surface area contributed by atoms with Crippen molar-refractivity contribution >= 4 is 55.3 Å². The van der Waals surface area contributed by atoms with E-state index in [1.165, 1.54) is 13.2 Å². The largest absolute Gasteiger partial charge is 0.481 e. The molecule has 0 spiro atoms. The highest BCUT2D eigenvalue weighted by molar-refractivity contribution is 9.11. The van der Waals surface area contributed by atoms with E-state index in [4.69, 9.17) is 16.3 Å². The Morgan fingerprint density at radius 1 is 1.30 bits per heavy atom. The molecule has 0 aliphatic rings. The zero-order chi connectivity index (χ0) is 14.7. The monoisotopic (exact) mass is 419 g/mol. The van der Waals surface area contributed by atoms with Crippen molar-refractivity contribution in [2.45, 2.75) is 0 Å². The second kappa shape index (κ2) is 6.51. The Kier molecular flexibility index (Phi) is 4.95. The summed E-state index contributed by atoms with van der Waals surface area (Å²) in [4.78, 5) is 20.1. The lowest BCUT2D eigenvalue weighted by atomic mass is 10.2. The van der Waals surface area contributed by atoms with Gasteiger partial charge in [0, 0.05) is 15.0 Å². The summed E-state index contributed by atoms with van der Waals surface area (Å²) in [6, 6.07) is 6.71. The first kappa shape index (κ1) is 15.2. The van der Waals surface area contributed by atoms with Crippen LogP contribution in [-0.4, -0.2) is 23.0 Å². The number of benzene rings is 1. The Morgan fingerprint density at radius 2 is 2.05 bits per heavy atom. The molecule has 104 valence electrons. The van der Waals surface area contributed by atoms with Crippen molar-refractivity contribution < 1.29 is 9.53 Å². The van der Waals surface area contributed by atoms with Crippen molar-refractivity contribution in [3.63, 3.8) is 0 Å². The maximum Gasteiger partial charge on any atom is 0.259 e. The van der Waals surface area contributed by atoms with Crippen LogP contribution in [0.2, 0.25) is 5.15 Å². The van der Waals surface area contributed by atoms with Crippen LogP contribution in [-0.2, 0) is 0 Å². The molecule has 1 N–H and O–H groups in total. The SMILES string of the molecule is COc1cc(Cl)nc(NC(=O)c2cc(Br)ccc2Br)n1. The molecule has 1 aromatic heterocycles. The number of rotatable bonds is 3. The number of hydrogen-bond donors (Lipinski definition) is 1. The summed E-state index contributed by atoms with van der Waals surface area (Å²) < 4.78 is 6.41. The second-order valence-corrected chi connectivity index (χ2v) is 5.79. The Bertz CT molecular complexity index is 667. The van der Waals surface area contributed by atoms with Crippen molar-refractivity contribution in [1.82, 2.24) is 9.97 Å². The quantitative estimate of drug-likeness (QED) is 0.763. The van der Waals surface area contributed by atoms with Crippen LogP contribution in [0.3, 0.4) is 0 Å². The van der Waals surface area contributed by atoms with E-state index in [0.717, 1.165) is 4.47 Å². The van der Waals surface area contributed by atoms with Crippen LogP contribution in [0.1, 0.15) is 10.4 Å². The van der Waals surface area contributed by atoms with E-state index in [2.05, 4.69) is 47.1 Å². The predicted molar refractivity (Wildman–Crippen MR) is 83.4 cm³/mol. The lowest BCUT2D eigenvalue weighted by Gasteiger charge is -2.07. The van der Waals surface area contributed by atoms with Gasteiger partial charge in [0.2, 0.25) is 11.8 Å². The molecule has 20 heavy (non-hydrogen) atoms. The second-order valence-electron chi connectivity index (χ2n) is 3.63. The summed E-state index contributed by atoms with van der Waals surface area (Å²) >= 11 is 12.4. The van der Waals surface area contributed by atoms with E-state index in [9.17, 15) is 4.79 Å². The topological polar surface area (TPSA) is 64.1 Å². The molecule has 0 saturated heterocycles. The number of halogens is 3. The number of hydrogen-bond acceptors (Lipinski definition) is 4. The highest BCUT2D eigenvalue weighted by Crippen LogP contribution is 2.23. The maximum atomic E-state index is 12.2. The summed E-state index contributed by atoms with van der Waals surface area (Å²) in [7, 11) is 1.45. The fourth-order valence-electron chi connectivity index (χ4n) is 1.40. The van der Waals surface area contributed by atoms with Gasteiger partial charge in [0.1, 0.15) is 5.15 Å². The molecule has 0 aliphatic carbocycles. The minimum absolute atomic E-state index is 0.0752. The van der Waals surface area contributed by atoms with Gasteiger partial charge in [-0.15, -0.1) is 0 Å². The van der Waals surface area contributed by atoms with Crippen LogP contribution in [0.15, 0.2) is 33.2 Å². The van der Waals surface area contributed by atoms with E-state index < -0.39 is 0 Å². The van der Waals surface area contributed by atoms with Gasteiger partial charge in [-0.2, -0.15) is 4.98 Å². The third-order valence-corrected chi connectivity index (χ3v) is 3.66. The van der Waals surface area contributed by atoms with Gasteiger partial charge in [0.15, 0.2) is 0 Å². The van der Waals surface area contributed by atoms with Crippen molar-refractivity contribution in [2.75, 3.05) is 12.4 Å². The third-order valence-electron chi connectivity index (χ3n) is 2.28. The lowest BCUT2D eigenvalue weighted by Crippen LogP contribution is -2.15. The molecule has 1 heterocycles.